The van der Waals surface area contributed by atoms with Crippen molar-refractivity contribution in [1.29, 1.82) is 0 Å². The van der Waals surface area contributed by atoms with Crippen LogP contribution in [-0.4, -0.2) is 16.4 Å². The van der Waals surface area contributed by atoms with Crippen molar-refractivity contribution in [3.8, 4) is 0 Å². The van der Waals surface area contributed by atoms with Gasteiger partial charge < -0.3 is 5.32 Å². The average Bonchev–Trinajstić information content (AvgIpc) is 3.08. The standard InChI is InChI=1S/C17H23NOS/c1-12(20-16-7-2-3-8-16)17(19)18-15-10-9-13-5-4-6-14(13)11-15/h9-12,16H,2-8H2,1H3,(H,18,19)/t12-/m0/s1. The zero-order chi connectivity index (χ0) is 13.9. The summed E-state index contributed by atoms with van der Waals surface area (Å²) < 4.78 is 0. The minimum Gasteiger partial charge on any atom is -0.325 e. The van der Waals surface area contributed by atoms with Crippen LogP contribution in [0.1, 0.15) is 50.2 Å². The van der Waals surface area contributed by atoms with Gasteiger partial charge in [-0.05, 0) is 62.3 Å². The molecule has 2 nitrogen and oxygen atoms in total. The summed E-state index contributed by atoms with van der Waals surface area (Å²) in [6.07, 6.45) is 8.82. The normalized spacial score (nSPS) is 19.9. The molecule has 0 bridgehead atoms. The summed E-state index contributed by atoms with van der Waals surface area (Å²) in [5.74, 6) is 0.153. The Hall–Kier alpha value is -0.960. The molecule has 1 atom stereocenters. The molecule has 1 N–H and O–H groups in total. The molecule has 0 unspecified atom stereocenters. The summed E-state index contributed by atoms with van der Waals surface area (Å²) in [5, 5.41) is 3.82. The molecule has 108 valence electrons. The first-order valence-corrected chi connectivity index (χ1v) is 8.75. The largest absolute Gasteiger partial charge is 0.325 e. The Morgan fingerprint density at radius 3 is 2.75 bits per heavy atom. The highest BCUT2D eigenvalue weighted by Gasteiger charge is 2.22. The fourth-order valence-electron chi connectivity index (χ4n) is 3.27. The number of thioether (sulfide) groups is 1. The van der Waals surface area contributed by atoms with E-state index in [0.717, 1.165) is 12.1 Å². The molecular formula is C17H23NOS. The SMILES string of the molecule is C[C@H](SC1CCCC1)C(=O)Nc1ccc2c(c1)CCC2. The monoisotopic (exact) mass is 289 g/mol. The second-order valence-electron chi connectivity index (χ2n) is 6.01. The quantitative estimate of drug-likeness (QED) is 0.901. The van der Waals surface area contributed by atoms with Crippen LogP contribution < -0.4 is 5.32 Å². The predicted octanol–water partition coefficient (Wildman–Crippen LogP) is 4.18. The lowest BCUT2D eigenvalue weighted by molar-refractivity contribution is -0.115. The van der Waals surface area contributed by atoms with E-state index in [2.05, 4.69) is 23.5 Å². The zero-order valence-corrected chi connectivity index (χ0v) is 13.0. The Balaban J connectivity index is 1.57. The van der Waals surface area contributed by atoms with Crippen LogP contribution in [0.2, 0.25) is 0 Å². The molecule has 1 amide bonds. The minimum atomic E-state index is 0.0476. The second kappa shape index (κ2) is 6.21. The van der Waals surface area contributed by atoms with E-state index < -0.39 is 0 Å². The van der Waals surface area contributed by atoms with Gasteiger partial charge >= 0.3 is 0 Å². The van der Waals surface area contributed by atoms with Crippen LogP contribution in [0.4, 0.5) is 5.69 Å². The molecule has 0 spiro atoms. The highest BCUT2D eigenvalue weighted by atomic mass is 32.2. The van der Waals surface area contributed by atoms with Gasteiger partial charge in [-0.3, -0.25) is 4.79 Å². The number of carbonyl (C=O) groups excluding carboxylic acids is 1. The molecule has 3 rings (SSSR count). The van der Waals surface area contributed by atoms with Gasteiger partial charge in [0.2, 0.25) is 5.91 Å². The molecule has 1 aromatic rings. The number of hydrogen-bond donors (Lipinski definition) is 1. The molecule has 2 aliphatic carbocycles. The van der Waals surface area contributed by atoms with Gasteiger partial charge in [0.05, 0.1) is 5.25 Å². The fraction of sp³-hybridized carbons (Fsp3) is 0.588. The van der Waals surface area contributed by atoms with Gasteiger partial charge in [0.25, 0.3) is 0 Å². The lowest BCUT2D eigenvalue weighted by atomic mass is 10.1. The van der Waals surface area contributed by atoms with Crippen LogP contribution in [0.3, 0.4) is 0 Å². The number of fused-ring (bicyclic) bond motifs is 1. The Morgan fingerprint density at radius 1 is 1.20 bits per heavy atom. The van der Waals surface area contributed by atoms with E-state index in [9.17, 15) is 4.79 Å². The number of nitrogens with one attached hydrogen (secondary N) is 1. The maximum Gasteiger partial charge on any atom is 0.237 e. The van der Waals surface area contributed by atoms with Crippen LogP contribution >= 0.6 is 11.8 Å². The summed E-state index contributed by atoms with van der Waals surface area (Å²) >= 11 is 1.85. The van der Waals surface area contributed by atoms with E-state index in [-0.39, 0.29) is 11.2 Å². The molecule has 0 saturated heterocycles. The molecule has 3 heteroatoms. The Kier molecular flexibility index (Phi) is 4.35. The number of amides is 1. The van der Waals surface area contributed by atoms with Crippen molar-refractivity contribution in [2.45, 2.75) is 62.4 Å². The number of carbonyl (C=O) groups is 1. The van der Waals surface area contributed by atoms with Gasteiger partial charge in [0, 0.05) is 10.9 Å². The summed E-state index contributed by atoms with van der Waals surface area (Å²) in [6, 6.07) is 6.38. The summed E-state index contributed by atoms with van der Waals surface area (Å²) in [5.41, 5.74) is 3.84. The third-order valence-electron chi connectivity index (χ3n) is 4.43. The molecule has 20 heavy (non-hydrogen) atoms. The summed E-state index contributed by atoms with van der Waals surface area (Å²) in [6.45, 7) is 2.03. The van der Waals surface area contributed by atoms with Gasteiger partial charge in [0.15, 0.2) is 0 Å². The molecule has 1 saturated carbocycles. The number of anilines is 1. The number of hydrogen-bond acceptors (Lipinski definition) is 2. The lowest BCUT2D eigenvalue weighted by Crippen LogP contribution is -2.24. The van der Waals surface area contributed by atoms with Crippen molar-refractivity contribution in [2.75, 3.05) is 5.32 Å². The zero-order valence-electron chi connectivity index (χ0n) is 12.2. The highest BCUT2D eigenvalue weighted by molar-refractivity contribution is 8.01. The van der Waals surface area contributed by atoms with E-state index in [1.165, 1.54) is 49.7 Å². The van der Waals surface area contributed by atoms with Gasteiger partial charge in [-0.2, -0.15) is 0 Å². The Bertz CT molecular complexity index is 494. The second-order valence-corrected chi connectivity index (χ2v) is 7.66. The fourth-order valence-corrected chi connectivity index (χ4v) is 4.63. The van der Waals surface area contributed by atoms with Crippen molar-refractivity contribution in [3.63, 3.8) is 0 Å². The Labute approximate surface area is 125 Å². The molecule has 0 radical (unpaired) electrons. The molecular weight excluding hydrogens is 266 g/mol. The predicted molar refractivity (Wildman–Crippen MR) is 86.4 cm³/mol. The smallest absolute Gasteiger partial charge is 0.237 e. The van der Waals surface area contributed by atoms with Crippen LogP contribution in [0.15, 0.2) is 18.2 Å². The average molecular weight is 289 g/mol. The molecule has 1 aromatic carbocycles. The number of aryl methyl sites for hydroxylation is 2. The van der Waals surface area contributed by atoms with Crippen LogP contribution in [0.25, 0.3) is 0 Å². The van der Waals surface area contributed by atoms with Crippen molar-refractivity contribution >= 4 is 23.4 Å². The van der Waals surface area contributed by atoms with Crippen molar-refractivity contribution in [1.82, 2.24) is 0 Å². The van der Waals surface area contributed by atoms with Gasteiger partial charge in [0.1, 0.15) is 0 Å². The van der Waals surface area contributed by atoms with Gasteiger partial charge in [-0.15, -0.1) is 11.8 Å². The van der Waals surface area contributed by atoms with Gasteiger partial charge in [-0.25, -0.2) is 0 Å². The van der Waals surface area contributed by atoms with Crippen molar-refractivity contribution < 1.29 is 4.79 Å². The van der Waals surface area contributed by atoms with Crippen LogP contribution in [0, 0.1) is 0 Å². The summed E-state index contributed by atoms with van der Waals surface area (Å²) in [4.78, 5) is 12.3. The van der Waals surface area contributed by atoms with E-state index in [4.69, 9.17) is 0 Å². The van der Waals surface area contributed by atoms with E-state index in [1.807, 2.05) is 18.7 Å². The highest BCUT2D eigenvalue weighted by Crippen LogP contribution is 2.32. The first kappa shape index (κ1) is 14.0. The van der Waals surface area contributed by atoms with Crippen LogP contribution in [-0.2, 0) is 17.6 Å². The number of benzene rings is 1. The van der Waals surface area contributed by atoms with Crippen LogP contribution in [0.5, 0.6) is 0 Å². The molecule has 0 heterocycles. The Morgan fingerprint density at radius 2 is 1.95 bits per heavy atom. The minimum absolute atomic E-state index is 0.0476. The summed E-state index contributed by atoms with van der Waals surface area (Å²) in [7, 11) is 0. The first-order chi connectivity index (χ1) is 9.72. The molecule has 0 aliphatic heterocycles. The molecule has 2 aliphatic rings. The van der Waals surface area contributed by atoms with E-state index in [0.29, 0.717) is 5.25 Å². The molecule has 0 aromatic heterocycles. The van der Waals surface area contributed by atoms with Crippen molar-refractivity contribution in [2.24, 2.45) is 0 Å². The maximum absolute atomic E-state index is 12.3. The van der Waals surface area contributed by atoms with E-state index >= 15 is 0 Å². The first-order valence-electron chi connectivity index (χ1n) is 7.80. The third-order valence-corrected chi connectivity index (χ3v) is 5.91. The number of rotatable bonds is 4. The molecule has 1 fully saturated rings. The van der Waals surface area contributed by atoms with Crippen molar-refractivity contribution in [3.05, 3.63) is 29.3 Å². The third kappa shape index (κ3) is 3.20. The topological polar surface area (TPSA) is 29.1 Å². The van der Waals surface area contributed by atoms with E-state index in [1.54, 1.807) is 0 Å². The lowest BCUT2D eigenvalue weighted by Gasteiger charge is -2.16. The maximum atomic E-state index is 12.3. The van der Waals surface area contributed by atoms with Gasteiger partial charge in [-0.1, -0.05) is 18.9 Å².